The van der Waals surface area contributed by atoms with Crippen molar-refractivity contribution in [2.24, 2.45) is 0 Å². The number of rotatable bonds is 6. The Morgan fingerprint density at radius 2 is 1.79 bits per heavy atom. The van der Waals surface area contributed by atoms with Crippen molar-refractivity contribution in [1.82, 2.24) is 9.47 Å². The summed E-state index contributed by atoms with van der Waals surface area (Å²) in [5.74, 6) is 0.274. The summed E-state index contributed by atoms with van der Waals surface area (Å²) in [6.45, 7) is 2.71. The van der Waals surface area contributed by atoms with Crippen LogP contribution in [0, 0.1) is 0 Å². The lowest BCUT2D eigenvalue weighted by Gasteiger charge is -2.27. The molecule has 0 atom stereocenters. The molecule has 9 heteroatoms. The SMILES string of the molecule is CO[n+]1cc(N2CCn3cc(-c4ccc(Cl)cc4)cc3C2=O)ccc1OCC(=O)N1CCCC1. The van der Waals surface area contributed by atoms with Crippen molar-refractivity contribution in [2.45, 2.75) is 19.4 Å². The summed E-state index contributed by atoms with van der Waals surface area (Å²) in [4.78, 5) is 34.6. The summed E-state index contributed by atoms with van der Waals surface area (Å²) in [6.07, 6.45) is 5.77. The van der Waals surface area contributed by atoms with E-state index in [1.807, 2.05) is 52.1 Å². The molecule has 0 unspecified atom stereocenters. The van der Waals surface area contributed by atoms with Crippen molar-refractivity contribution in [1.29, 1.82) is 0 Å². The van der Waals surface area contributed by atoms with Gasteiger partial charge in [0.15, 0.2) is 6.61 Å². The number of likely N-dealkylation sites (tertiary alicyclic amines) is 1. The highest BCUT2D eigenvalue weighted by Crippen LogP contribution is 2.28. The van der Waals surface area contributed by atoms with Gasteiger partial charge in [0.05, 0.1) is 10.8 Å². The predicted octanol–water partition coefficient (Wildman–Crippen LogP) is 2.82. The van der Waals surface area contributed by atoms with Crippen molar-refractivity contribution in [3.63, 3.8) is 0 Å². The monoisotopic (exact) mass is 481 g/mol. The number of nitrogens with zero attached hydrogens (tertiary/aromatic N) is 4. The van der Waals surface area contributed by atoms with Gasteiger partial charge in [-0.1, -0.05) is 23.7 Å². The molecule has 1 aromatic carbocycles. The number of carbonyl (C=O) groups excluding carboxylic acids is 2. The zero-order valence-corrected chi connectivity index (χ0v) is 19.7. The second kappa shape index (κ2) is 9.38. The Hall–Kier alpha value is -3.52. The Morgan fingerprint density at radius 3 is 2.53 bits per heavy atom. The van der Waals surface area contributed by atoms with Crippen molar-refractivity contribution in [2.75, 3.05) is 38.3 Å². The highest BCUT2D eigenvalue weighted by molar-refractivity contribution is 6.30. The fourth-order valence-electron chi connectivity index (χ4n) is 4.43. The third-order valence-electron chi connectivity index (χ3n) is 6.28. The molecule has 0 spiro atoms. The molecule has 0 bridgehead atoms. The number of carbonyl (C=O) groups is 2. The first-order chi connectivity index (χ1) is 16.5. The van der Waals surface area contributed by atoms with Gasteiger partial charge >= 0.3 is 5.88 Å². The number of amides is 2. The summed E-state index contributed by atoms with van der Waals surface area (Å²) in [5.41, 5.74) is 3.29. The number of ether oxygens (including phenoxy) is 1. The molecule has 4 heterocycles. The van der Waals surface area contributed by atoms with Gasteiger partial charge in [0.25, 0.3) is 18.0 Å². The fourth-order valence-corrected chi connectivity index (χ4v) is 4.56. The first kappa shape index (κ1) is 22.3. The van der Waals surface area contributed by atoms with Crippen LogP contribution in [-0.4, -0.2) is 54.6 Å². The molecule has 2 aliphatic rings. The number of hydrogen-bond donors (Lipinski definition) is 0. The summed E-state index contributed by atoms with van der Waals surface area (Å²) < 4.78 is 9.14. The molecule has 34 heavy (non-hydrogen) atoms. The quantitative estimate of drug-likeness (QED) is 0.508. The van der Waals surface area contributed by atoms with Crippen LogP contribution in [-0.2, 0) is 11.3 Å². The molecule has 1 saturated heterocycles. The molecule has 8 nitrogen and oxygen atoms in total. The Kier molecular flexibility index (Phi) is 6.15. The maximum absolute atomic E-state index is 13.3. The van der Waals surface area contributed by atoms with Crippen molar-refractivity contribution >= 4 is 29.1 Å². The largest absolute Gasteiger partial charge is 0.431 e. The molecule has 0 saturated carbocycles. The molecular weight excluding hydrogens is 456 g/mol. The van der Waals surface area contributed by atoms with Gasteiger partial charge in [0.1, 0.15) is 18.5 Å². The molecule has 5 rings (SSSR count). The number of fused-ring (bicyclic) bond motifs is 1. The highest BCUT2D eigenvalue weighted by atomic mass is 35.5. The van der Waals surface area contributed by atoms with Crippen LogP contribution in [0.25, 0.3) is 11.1 Å². The van der Waals surface area contributed by atoms with Crippen LogP contribution in [0.5, 0.6) is 5.88 Å². The molecular formula is C25H26ClN4O4+. The number of hydrogen-bond acceptors (Lipinski definition) is 4. The van der Waals surface area contributed by atoms with Crippen LogP contribution in [0.4, 0.5) is 5.69 Å². The number of anilines is 1. The fraction of sp³-hybridized carbons (Fsp3) is 0.320. The minimum absolute atomic E-state index is 0.0345. The Morgan fingerprint density at radius 1 is 1.03 bits per heavy atom. The Balaban J connectivity index is 1.32. The molecule has 1 fully saturated rings. The third kappa shape index (κ3) is 4.33. The van der Waals surface area contributed by atoms with Crippen LogP contribution in [0.1, 0.15) is 23.3 Å². The zero-order chi connectivity index (χ0) is 23.7. The molecule has 2 amide bonds. The van der Waals surface area contributed by atoms with Crippen molar-refractivity contribution in [3.8, 4) is 17.0 Å². The topological polar surface area (TPSA) is 67.9 Å². The average Bonchev–Trinajstić information content (AvgIpc) is 3.54. The Labute approximate surface area is 202 Å². The summed E-state index contributed by atoms with van der Waals surface area (Å²) in [7, 11) is 1.51. The molecule has 176 valence electrons. The third-order valence-corrected chi connectivity index (χ3v) is 6.53. The van der Waals surface area contributed by atoms with Gasteiger partial charge < -0.3 is 14.2 Å². The lowest BCUT2D eigenvalue weighted by molar-refractivity contribution is -0.886. The second-order valence-corrected chi connectivity index (χ2v) is 8.82. The van der Waals surface area contributed by atoms with E-state index in [1.54, 1.807) is 17.2 Å². The normalized spacial score (nSPS) is 15.4. The number of aromatic nitrogens is 2. The molecule has 0 aliphatic carbocycles. The smallest absolute Gasteiger partial charge is 0.417 e. The van der Waals surface area contributed by atoms with E-state index in [-0.39, 0.29) is 18.4 Å². The summed E-state index contributed by atoms with van der Waals surface area (Å²) >= 11 is 6.00. The van der Waals surface area contributed by atoms with Crippen molar-refractivity contribution < 1.29 is 23.9 Å². The maximum atomic E-state index is 13.3. The lowest BCUT2D eigenvalue weighted by atomic mass is 10.1. The minimum Gasteiger partial charge on any atom is -0.431 e. The number of pyridine rings is 1. The van der Waals surface area contributed by atoms with Crippen LogP contribution in [0.3, 0.4) is 0 Å². The number of halogens is 1. The van der Waals surface area contributed by atoms with Gasteiger partial charge in [-0.15, -0.1) is 0 Å². The zero-order valence-electron chi connectivity index (χ0n) is 18.9. The van der Waals surface area contributed by atoms with E-state index in [0.717, 1.165) is 37.1 Å². The van der Waals surface area contributed by atoms with E-state index in [2.05, 4.69) is 0 Å². The van der Waals surface area contributed by atoms with Gasteiger partial charge in [-0.2, -0.15) is 0 Å². The molecule has 3 aromatic rings. The lowest BCUT2D eigenvalue weighted by Crippen LogP contribution is -2.46. The van der Waals surface area contributed by atoms with E-state index in [1.165, 1.54) is 11.8 Å². The van der Waals surface area contributed by atoms with Gasteiger partial charge in [0.2, 0.25) is 0 Å². The maximum Gasteiger partial charge on any atom is 0.417 e. The Bertz CT molecular complexity index is 1220. The van der Waals surface area contributed by atoms with Crippen LogP contribution < -0.4 is 19.2 Å². The summed E-state index contributed by atoms with van der Waals surface area (Å²) in [6, 6.07) is 13.0. The number of benzene rings is 1. The first-order valence-electron chi connectivity index (χ1n) is 11.3. The highest BCUT2D eigenvalue weighted by Gasteiger charge is 2.30. The molecule has 0 N–H and O–H groups in total. The van der Waals surface area contributed by atoms with Crippen molar-refractivity contribution in [3.05, 3.63) is 65.6 Å². The van der Waals surface area contributed by atoms with E-state index in [9.17, 15) is 9.59 Å². The van der Waals surface area contributed by atoms with Gasteiger partial charge in [-0.25, -0.2) is 0 Å². The molecule has 2 aliphatic heterocycles. The van der Waals surface area contributed by atoms with E-state index in [0.29, 0.717) is 35.4 Å². The van der Waals surface area contributed by atoms with E-state index in [4.69, 9.17) is 21.2 Å². The van der Waals surface area contributed by atoms with Crippen LogP contribution >= 0.6 is 11.6 Å². The summed E-state index contributed by atoms with van der Waals surface area (Å²) in [5, 5.41) is 0.675. The predicted molar refractivity (Wildman–Crippen MR) is 127 cm³/mol. The second-order valence-electron chi connectivity index (χ2n) is 8.38. The minimum atomic E-state index is -0.0907. The van der Waals surface area contributed by atoms with Gasteiger partial charge in [-0.3, -0.25) is 19.3 Å². The van der Waals surface area contributed by atoms with Gasteiger partial charge in [-0.05, 0) is 42.7 Å². The van der Waals surface area contributed by atoms with Crippen LogP contribution in [0.2, 0.25) is 5.02 Å². The molecule has 2 aromatic heterocycles. The first-order valence-corrected chi connectivity index (χ1v) is 11.7. The van der Waals surface area contributed by atoms with Crippen LogP contribution in [0.15, 0.2) is 54.9 Å². The standard InChI is InChI=1S/C25H26ClN4O4/c1-33-30-16-21(8-9-24(30)34-17-23(31)27-10-2-3-11-27)29-13-12-28-15-19(14-22(28)25(29)32)18-4-6-20(26)7-5-18/h4-9,14-16H,2-3,10-13,17H2,1H3/q+1. The average molecular weight is 482 g/mol. The van der Waals surface area contributed by atoms with E-state index < -0.39 is 0 Å². The molecule has 0 radical (unpaired) electrons. The van der Waals surface area contributed by atoms with Gasteiger partial charge in [0, 0.05) is 43.0 Å². The van der Waals surface area contributed by atoms with E-state index >= 15 is 0 Å².